The molecule has 1 saturated heterocycles. The molecule has 3 aromatic rings. The highest BCUT2D eigenvalue weighted by molar-refractivity contribution is 6.30. The molecular weight excluding hydrogens is 426 g/mol. The summed E-state index contributed by atoms with van der Waals surface area (Å²) in [5.74, 6) is 0.478. The van der Waals surface area contributed by atoms with Gasteiger partial charge in [-0.3, -0.25) is 9.59 Å². The first kappa shape index (κ1) is 21.9. The molecule has 32 heavy (non-hydrogen) atoms. The second-order valence-electron chi connectivity index (χ2n) is 7.73. The van der Waals surface area contributed by atoms with Crippen molar-refractivity contribution in [2.45, 2.75) is 13.0 Å². The summed E-state index contributed by atoms with van der Waals surface area (Å²) < 4.78 is 1.23. The van der Waals surface area contributed by atoms with Crippen LogP contribution in [0.1, 0.15) is 5.56 Å². The van der Waals surface area contributed by atoms with E-state index in [4.69, 9.17) is 11.6 Å². The lowest BCUT2D eigenvalue weighted by Crippen LogP contribution is -2.47. The number of hydrogen-bond donors (Lipinski definition) is 1. The van der Waals surface area contributed by atoms with Crippen LogP contribution in [-0.2, 0) is 17.8 Å². The summed E-state index contributed by atoms with van der Waals surface area (Å²) in [7, 11) is 0. The van der Waals surface area contributed by atoms with Gasteiger partial charge in [0.15, 0.2) is 0 Å². The van der Waals surface area contributed by atoms with Gasteiger partial charge >= 0.3 is 0 Å². The number of benzene rings is 2. The van der Waals surface area contributed by atoms with Crippen LogP contribution in [-0.4, -0.2) is 48.4 Å². The van der Waals surface area contributed by atoms with Crippen LogP contribution in [0.3, 0.4) is 0 Å². The first-order valence-corrected chi connectivity index (χ1v) is 11.1. The number of nitrogens with one attached hydrogen (secondary N) is 1. The van der Waals surface area contributed by atoms with E-state index in [-0.39, 0.29) is 18.0 Å². The third-order valence-electron chi connectivity index (χ3n) is 5.50. The van der Waals surface area contributed by atoms with Gasteiger partial charge in [-0.25, -0.2) is 4.68 Å². The van der Waals surface area contributed by atoms with E-state index in [9.17, 15) is 9.59 Å². The van der Waals surface area contributed by atoms with Gasteiger partial charge in [0, 0.05) is 49.5 Å². The number of aromatic nitrogens is 2. The predicted molar refractivity (Wildman–Crippen MR) is 128 cm³/mol. The first-order valence-electron chi connectivity index (χ1n) is 10.7. The Balaban J connectivity index is 1.32. The average Bonchev–Trinajstić information content (AvgIpc) is 2.81. The molecular formula is C24H26ClN5O2. The Hall–Kier alpha value is -3.32. The summed E-state index contributed by atoms with van der Waals surface area (Å²) in [6.07, 6.45) is 0.742. The van der Waals surface area contributed by atoms with E-state index in [0.717, 1.165) is 48.9 Å². The lowest BCUT2D eigenvalue weighted by Gasteiger charge is -2.36. The summed E-state index contributed by atoms with van der Waals surface area (Å²) >= 11 is 6.11. The summed E-state index contributed by atoms with van der Waals surface area (Å²) in [5, 5.41) is 8.03. The van der Waals surface area contributed by atoms with Crippen molar-refractivity contribution in [1.29, 1.82) is 0 Å². The van der Waals surface area contributed by atoms with Crippen molar-refractivity contribution in [2.75, 3.05) is 42.5 Å². The fraction of sp³-hybridized carbons (Fsp3) is 0.292. The number of piperazine rings is 1. The number of anilines is 2. The van der Waals surface area contributed by atoms with Crippen LogP contribution in [0, 0.1) is 0 Å². The zero-order valence-electron chi connectivity index (χ0n) is 17.8. The molecule has 7 nitrogen and oxygen atoms in total. The molecule has 2 aromatic carbocycles. The van der Waals surface area contributed by atoms with Gasteiger partial charge in [0.1, 0.15) is 12.4 Å². The molecule has 0 spiro atoms. The summed E-state index contributed by atoms with van der Waals surface area (Å²) in [4.78, 5) is 29.0. The maximum absolute atomic E-state index is 12.3. The molecule has 1 aromatic heterocycles. The van der Waals surface area contributed by atoms with Gasteiger partial charge in [-0.2, -0.15) is 5.10 Å². The Labute approximate surface area is 192 Å². The fourth-order valence-corrected chi connectivity index (χ4v) is 3.95. The molecule has 0 aliphatic carbocycles. The highest BCUT2D eigenvalue weighted by atomic mass is 35.5. The topological polar surface area (TPSA) is 70.5 Å². The molecule has 4 rings (SSSR count). The van der Waals surface area contributed by atoms with Crippen LogP contribution in [0.25, 0.3) is 0 Å². The smallest absolute Gasteiger partial charge is 0.267 e. The number of rotatable bonds is 7. The number of hydrogen-bond acceptors (Lipinski definition) is 5. The number of nitrogens with zero attached hydrogens (tertiary/aromatic N) is 4. The molecule has 8 heteroatoms. The molecule has 1 amide bonds. The van der Waals surface area contributed by atoms with E-state index in [1.807, 2.05) is 48.5 Å². The SMILES string of the molecule is O=C(Cn1nc(N2CCN(c3cccc(Cl)c3)CC2)ccc1=O)NCCc1ccccc1. The van der Waals surface area contributed by atoms with E-state index in [0.29, 0.717) is 12.4 Å². The van der Waals surface area contributed by atoms with Crippen molar-refractivity contribution >= 4 is 29.0 Å². The summed E-state index contributed by atoms with van der Waals surface area (Å²) in [5.41, 5.74) is 1.97. The van der Waals surface area contributed by atoms with E-state index in [1.165, 1.54) is 10.7 Å². The quantitative estimate of drug-likeness (QED) is 0.598. The van der Waals surface area contributed by atoms with E-state index in [1.54, 1.807) is 6.07 Å². The molecule has 0 saturated carbocycles. The Morgan fingerprint density at radius 2 is 1.69 bits per heavy atom. The van der Waals surface area contributed by atoms with E-state index >= 15 is 0 Å². The first-order chi connectivity index (χ1) is 15.6. The number of carbonyl (C=O) groups is 1. The van der Waals surface area contributed by atoms with Crippen LogP contribution in [0.5, 0.6) is 0 Å². The highest BCUT2D eigenvalue weighted by Gasteiger charge is 2.19. The summed E-state index contributed by atoms with van der Waals surface area (Å²) in [6, 6.07) is 21.0. The van der Waals surface area contributed by atoms with Crippen molar-refractivity contribution in [2.24, 2.45) is 0 Å². The molecule has 0 bridgehead atoms. The molecule has 0 radical (unpaired) electrons. The van der Waals surface area contributed by atoms with Crippen molar-refractivity contribution in [1.82, 2.24) is 15.1 Å². The van der Waals surface area contributed by atoms with Gasteiger partial charge in [-0.15, -0.1) is 0 Å². The molecule has 166 valence electrons. The van der Waals surface area contributed by atoms with Crippen LogP contribution in [0.2, 0.25) is 5.02 Å². The Morgan fingerprint density at radius 1 is 0.938 bits per heavy atom. The van der Waals surface area contributed by atoms with Crippen LogP contribution >= 0.6 is 11.6 Å². The van der Waals surface area contributed by atoms with Crippen LogP contribution in [0.15, 0.2) is 71.5 Å². The van der Waals surface area contributed by atoms with Gasteiger partial charge in [0.05, 0.1) is 0 Å². The molecule has 1 aliphatic heterocycles. The van der Waals surface area contributed by atoms with Crippen molar-refractivity contribution < 1.29 is 4.79 Å². The lowest BCUT2D eigenvalue weighted by atomic mass is 10.1. The van der Waals surface area contributed by atoms with Crippen LogP contribution < -0.4 is 20.7 Å². The summed E-state index contributed by atoms with van der Waals surface area (Å²) in [6.45, 7) is 3.59. The predicted octanol–water partition coefficient (Wildman–Crippen LogP) is 2.58. The van der Waals surface area contributed by atoms with Crippen molar-refractivity contribution in [3.8, 4) is 0 Å². The van der Waals surface area contributed by atoms with Gasteiger partial charge in [0.25, 0.3) is 5.56 Å². The largest absolute Gasteiger partial charge is 0.368 e. The maximum atomic E-state index is 12.3. The normalized spacial score (nSPS) is 13.8. The fourth-order valence-electron chi connectivity index (χ4n) is 3.77. The zero-order valence-corrected chi connectivity index (χ0v) is 18.5. The standard InChI is InChI=1S/C24H26ClN5O2/c25-20-7-4-8-21(17-20)28-13-15-29(16-14-28)22-9-10-24(32)30(27-22)18-23(31)26-12-11-19-5-2-1-3-6-19/h1-10,17H,11-16,18H2,(H,26,31). The molecule has 0 atom stereocenters. The average molecular weight is 452 g/mol. The molecule has 2 heterocycles. The van der Waals surface area contributed by atoms with E-state index < -0.39 is 0 Å². The Bertz CT molecular complexity index is 1110. The minimum atomic E-state index is -0.287. The monoisotopic (exact) mass is 451 g/mol. The Kier molecular flexibility index (Phi) is 7.07. The minimum Gasteiger partial charge on any atom is -0.368 e. The van der Waals surface area contributed by atoms with Gasteiger partial charge < -0.3 is 15.1 Å². The molecule has 1 fully saturated rings. The third kappa shape index (κ3) is 5.68. The third-order valence-corrected chi connectivity index (χ3v) is 5.74. The number of carbonyl (C=O) groups excluding carboxylic acids is 1. The molecule has 0 unspecified atom stereocenters. The van der Waals surface area contributed by atoms with Crippen LogP contribution in [0.4, 0.5) is 11.5 Å². The Morgan fingerprint density at radius 3 is 2.44 bits per heavy atom. The molecule has 1 aliphatic rings. The second-order valence-corrected chi connectivity index (χ2v) is 8.16. The second kappa shape index (κ2) is 10.3. The lowest BCUT2D eigenvalue weighted by molar-refractivity contribution is -0.121. The van der Waals surface area contributed by atoms with Gasteiger partial charge in [0.2, 0.25) is 5.91 Å². The minimum absolute atomic E-state index is 0.0933. The van der Waals surface area contributed by atoms with Crippen molar-refractivity contribution in [3.05, 3.63) is 87.7 Å². The number of amides is 1. The van der Waals surface area contributed by atoms with E-state index in [2.05, 4.69) is 26.3 Å². The molecule has 1 N–H and O–H groups in total. The highest BCUT2D eigenvalue weighted by Crippen LogP contribution is 2.22. The van der Waals surface area contributed by atoms with Gasteiger partial charge in [-0.05, 0) is 36.2 Å². The van der Waals surface area contributed by atoms with Gasteiger partial charge in [-0.1, -0.05) is 48.0 Å². The maximum Gasteiger partial charge on any atom is 0.267 e. The van der Waals surface area contributed by atoms with Crippen molar-refractivity contribution in [3.63, 3.8) is 0 Å². The zero-order chi connectivity index (χ0) is 22.3. The number of halogens is 1.